The van der Waals surface area contributed by atoms with Crippen LogP contribution in [0.25, 0.3) is 0 Å². The molecular weight excluding hydrogens is 389 g/mol. The molecule has 152 valence electrons. The van der Waals surface area contributed by atoms with Crippen LogP contribution in [0, 0.1) is 19.7 Å². The number of halogens is 1. The molecule has 3 rings (SSSR count). The van der Waals surface area contributed by atoms with Gasteiger partial charge in [0.05, 0.1) is 11.4 Å². The van der Waals surface area contributed by atoms with Gasteiger partial charge in [-0.25, -0.2) is 9.38 Å². The summed E-state index contributed by atoms with van der Waals surface area (Å²) in [7, 11) is 0. The molecule has 1 atom stereocenters. The number of rotatable bonds is 6. The molecule has 0 unspecified atom stereocenters. The number of thioether (sulfide) groups is 1. The number of aryl methyl sites for hydroxylation is 2. The van der Waals surface area contributed by atoms with Crippen molar-refractivity contribution in [3.05, 3.63) is 59.4 Å². The van der Waals surface area contributed by atoms with Crippen LogP contribution < -0.4 is 5.32 Å². The zero-order valence-electron chi connectivity index (χ0n) is 16.7. The van der Waals surface area contributed by atoms with E-state index in [0.717, 1.165) is 23.2 Å². The first-order valence-electron chi connectivity index (χ1n) is 9.57. The van der Waals surface area contributed by atoms with Gasteiger partial charge in [0.15, 0.2) is 5.17 Å². The topological polar surface area (TPSA) is 61.8 Å². The SMILES string of the molecule is CCCN1C(=O)[C@H](CC(=O)Nc2ccccc2F)SC1=Nc1cc(C)ccc1C. The standard InChI is InChI=1S/C22H24FN3O2S/c1-4-11-26-21(28)19(13-20(27)24-17-8-6-5-7-16(17)23)29-22(26)25-18-12-14(2)9-10-15(18)3/h5-10,12,19H,4,11,13H2,1-3H3,(H,24,27)/t19-/m0/s1. The maximum atomic E-state index is 13.8. The smallest absolute Gasteiger partial charge is 0.242 e. The first kappa shape index (κ1) is 21.0. The van der Waals surface area contributed by atoms with Crippen LogP contribution in [0.15, 0.2) is 47.5 Å². The fraction of sp³-hybridized carbons (Fsp3) is 0.318. The van der Waals surface area contributed by atoms with Gasteiger partial charge in [-0.2, -0.15) is 0 Å². The molecule has 0 saturated carbocycles. The normalized spacial score (nSPS) is 17.8. The highest BCUT2D eigenvalue weighted by molar-refractivity contribution is 8.15. The van der Waals surface area contributed by atoms with Crippen LogP contribution in [0.1, 0.15) is 30.9 Å². The minimum atomic E-state index is -0.572. The van der Waals surface area contributed by atoms with E-state index in [4.69, 9.17) is 4.99 Å². The van der Waals surface area contributed by atoms with Crippen LogP contribution in [0.3, 0.4) is 0 Å². The number of anilines is 1. The van der Waals surface area contributed by atoms with Gasteiger partial charge < -0.3 is 5.32 Å². The van der Waals surface area contributed by atoms with Gasteiger partial charge in [0.1, 0.15) is 11.1 Å². The van der Waals surface area contributed by atoms with E-state index in [2.05, 4.69) is 5.32 Å². The highest BCUT2D eigenvalue weighted by atomic mass is 32.2. The predicted molar refractivity (Wildman–Crippen MR) is 116 cm³/mol. The molecule has 1 aliphatic heterocycles. The molecule has 2 aromatic rings. The number of carbonyl (C=O) groups is 2. The Bertz CT molecular complexity index is 961. The third kappa shape index (κ3) is 5.03. The lowest BCUT2D eigenvalue weighted by Gasteiger charge is -2.15. The molecule has 2 amide bonds. The van der Waals surface area contributed by atoms with Crippen LogP contribution >= 0.6 is 11.8 Å². The van der Waals surface area contributed by atoms with E-state index >= 15 is 0 Å². The molecule has 7 heteroatoms. The van der Waals surface area contributed by atoms with Crippen molar-refractivity contribution in [1.82, 2.24) is 4.90 Å². The molecule has 0 bridgehead atoms. The molecule has 0 aromatic heterocycles. The highest BCUT2D eigenvalue weighted by Gasteiger charge is 2.38. The van der Waals surface area contributed by atoms with E-state index in [1.807, 2.05) is 39.0 Å². The van der Waals surface area contributed by atoms with Gasteiger partial charge in [-0.15, -0.1) is 0 Å². The fourth-order valence-electron chi connectivity index (χ4n) is 3.03. The minimum Gasteiger partial charge on any atom is -0.324 e. The Morgan fingerprint density at radius 1 is 1.24 bits per heavy atom. The quantitative estimate of drug-likeness (QED) is 0.739. The molecule has 5 nitrogen and oxygen atoms in total. The van der Waals surface area contributed by atoms with E-state index in [0.29, 0.717) is 11.7 Å². The van der Waals surface area contributed by atoms with Gasteiger partial charge in [0.2, 0.25) is 11.8 Å². The molecule has 1 saturated heterocycles. The second kappa shape index (κ2) is 9.22. The lowest BCUT2D eigenvalue weighted by Crippen LogP contribution is -2.34. The third-order valence-electron chi connectivity index (χ3n) is 4.57. The van der Waals surface area contributed by atoms with Gasteiger partial charge in [-0.05, 0) is 49.6 Å². The Kier molecular flexibility index (Phi) is 6.69. The Labute approximate surface area is 174 Å². The van der Waals surface area contributed by atoms with Crippen molar-refractivity contribution in [2.75, 3.05) is 11.9 Å². The average molecular weight is 414 g/mol. The van der Waals surface area contributed by atoms with Crippen molar-refractivity contribution < 1.29 is 14.0 Å². The zero-order valence-corrected chi connectivity index (χ0v) is 17.6. The molecule has 1 heterocycles. The number of hydrogen-bond acceptors (Lipinski definition) is 4. The predicted octanol–water partition coefficient (Wildman–Crippen LogP) is 4.81. The summed E-state index contributed by atoms with van der Waals surface area (Å²) in [5.74, 6) is -1.04. The molecule has 2 aromatic carbocycles. The summed E-state index contributed by atoms with van der Waals surface area (Å²) in [6.45, 7) is 6.51. The molecule has 1 N–H and O–H groups in total. The Morgan fingerprint density at radius 3 is 2.72 bits per heavy atom. The van der Waals surface area contributed by atoms with Crippen LogP contribution in [0.2, 0.25) is 0 Å². The molecule has 0 aliphatic carbocycles. The van der Waals surface area contributed by atoms with E-state index in [9.17, 15) is 14.0 Å². The summed E-state index contributed by atoms with van der Waals surface area (Å²) in [4.78, 5) is 31.6. The number of aliphatic imine (C=N–C) groups is 1. The molecule has 0 spiro atoms. The minimum absolute atomic E-state index is 0.0378. The number of nitrogens with one attached hydrogen (secondary N) is 1. The monoisotopic (exact) mass is 413 g/mol. The summed E-state index contributed by atoms with van der Waals surface area (Å²) >= 11 is 1.29. The molecular formula is C22H24FN3O2S. The fourth-order valence-corrected chi connectivity index (χ4v) is 4.21. The third-order valence-corrected chi connectivity index (χ3v) is 5.74. The van der Waals surface area contributed by atoms with Crippen molar-refractivity contribution in [2.24, 2.45) is 4.99 Å². The van der Waals surface area contributed by atoms with Gasteiger partial charge in [0, 0.05) is 13.0 Å². The Balaban J connectivity index is 1.78. The number of benzene rings is 2. The van der Waals surface area contributed by atoms with Crippen molar-refractivity contribution in [3.63, 3.8) is 0 Å². The average Bonchev–Trinajstić information content (AvgIpc) is 2.96. The van der Waals surface area contributed by atoms with Gasteiger partial charge in [-0.3, -0.25) is 14.5 Å². The van der Waals surface area contributed by atoms with Gasteiger partial charge in [-0.1, -0.05) is 43.0 Å². The summed E-state index contributed by atoms with van der Waals surface area (Å²) in [6.07, 6.45) is 0.746. The van der Waals surface area contributed by atoms with E-state index in [1.165, 1.54) is 23.9 Å². The van der Waals surface area contributed by atoms with Crippen molar-refractivity contribution in [3.8, 4) is 0 Å². The van der Waals surface area contributed by atoms with Crippen molar-refractivity contribution in [1.29, 1.82) is 0 Å². The highest BCUT2D eigenvalue weighted by Crippen LogP contribution is 2.33. The number of carbonyl (C=O) groups excluding carboxylic acids is 2. The summed E-state index contributed by atoms with van der Waals surface area (Å²) in [5, 5.41) is 2.58. The van der Waals surface area contributed by atoms with Crippen LogP contribution in [0.4, 0.5) is 15.8 Å². The number of amidine groups is 1. The summed E-state index contributed by atoms with van der Waals surface area (Å²) in [5.41, 5.74) is 3.04. The molecule has 0 radical (unpaired) electrons. The molecule has 1 fully saturated rings. The first-order valence-corrected chi connectivity index (χ1v) is 10.5. The van der Waals surface area contributed by atoms with Crippen molar-refractivity contribution in [2.45, 2.75) is 38.9 Å². The van der Waals surface area contributed by atoms with Crippen LogP contribution in [-0.4, -0.2) is 33.7 Å². The van der Waals surface area contributed by atoms with E-state index in [1.54, 1.807) is 17.0 Å². The molecule has 1 aliphatic rings. The zero-order chi connectivity index (χ0) is 21.0. The number of nitrogens with zero attached hydrogens (tertiary/aromatic N) is 2. The Hall–Kier alpha value is -2.67. The van der Waals surface area contributed by atoms with Crippen LogP contribution in [0.5, 0.6) is 0 Å². The lowest BCUT2D eigenvalue weighted by molar-refractivity contribution is -0.128. The first-order chi connectivity index (χ1) is 13.9. The second-order valence-corrected chi connectivity index (χ2v) is 8.18. The van der Waals surface area contributed by atoms with E-state index in [-0.39, 0.29) is 18.0 Å². The Morgan fingerprint density at radius 2 is 2.00 bits per heavy atom. The van der Waals surface area contributed by atoms with E-state index < -0.39 is 17.0 Å². The maximum absolute atomic E-state index is 13.8. The number of hydrogen-bond donors (Lipinski definition) is 1. The summed E-state index contributed by atoms with van der Waals surface area (Å²) in [6, 6.07) is 12.0. The lowest BCUT2D eigenvalue weighted by atomic mass is 10.1. The van der Waals surface area contributed by atoms with Gasteiger partial charge >= 0.3 is 0 Å². The molecule has 29 heavy (non-hydrogen) atoms. The van der Waals surface area contributed by atoms with Crippen molar-refractivity contribution >= 4 is 40.1 Å². The number of amides is 2. The summed E-state index contributed by atoms with van der Waals surface area (Å²) < 4.78 is 13.8. The van der Waals surface area contributed by atoms with Crippen LogP contribution in [-0.2, 0) is 9.59 Å². The van der Waals surface area contributed by atoms with Gasteiger partial charge in [0.25, 0.3) is 0 Å². The second-order valence-electron chi connectivity index (χ2n) is 7.01. The largest absolute Gasteiger partial charge is 0.324 e. The number of para-hydroxylation sites is 1. The maximum Gasteiger partial charge on any atom is 0.242 e.